The van der Waals surface area contributed by atoms with E-state index in [0.717, 1.165) is 12.8 Å². The van der Waals surface area contributed by atoms with Crippen LogP contribution in [0, 0.1) is 0 Å². The SMILES string of the molecule is CCCC[B-]12ON=C(Cl)/C(Cl)=N/O[B-](CCCC)(O/N=C(Cl)/C(Cl)=N/O1)ONC1=NCCN=C1NO2. The smallest absolute Gasteiger partial charge is 0.549 e. The normalized spacial score (nSPS) is 31.5. The molecular formula is C16H24B2Cl4N8O6-2. The fraction of sp³-hybridized carbons (Fsp3) is 0.625. The van der Waals surface area contributed by atoms with Gasteiger partial charge >= 0.3 is 13.5 Å². The lowest BCUT2D eigenvalue weighted by molar-refractivity contribution is 0.0373. The number of hydrogen-bond donors (Lipinski definition) is 2. The minimum Gasteiger partial charge on any atom is -0.549 e. The highest BCUT2D eigenvalue weighted by molar-refractivity contribution is 7.01. The van der Waals surface area contributed by atoms with E-state index in [-0.39, 0.29) is 45.0 Å². The van der Waals surface area contributed by atoms with E-state index in [2.05, 4.69) is 41.6 Å². The lowest BCUT2D eigenvalue weighted by atomic mass is 9.73. The lowest BCUT2D eigenvalue weighted by Gasteiger charge is -2.39. The van der Waals surface area contributed by atoms with Gasteiger partial charge in [0.2, 0.25) is 20.7 Å². The van der Waals surface area contributed by atoms with Crippen LogP contribution in [0.25, 0.3) is 0 Å². The number of nitrogens with one attached hydrogen (secondary N) is 2. The molecule has 36 heavy (non-hydrogen) atoms. The van der Waals surface area contributed by atoms with Crippen molar-refractivity contribution in [2.45, 2.75) is 52.2 Å². The number of halogens is 4. The molecule has 14 nitrogen and oxygen atoms in total. The number of fused-ring (bicyclic) bond motifs is 8. The molecule has 200 valence electrons. The number of amidine groups is 2. The summed E-state index contributed by atoms with van der Waals surface area (Å²) < 4.78 is 33.9. The Balaban J connectivity index is 2.16. The standard InChI is InChI=1S/C16H24B2Cl4N8O6/c1-3-5-7-17-31-25-11(19)13(21)27-33-18(8-6-4-2,34-28-14(22)12(20)26-32-17)36-30-16-15(29-35-17)23-9-10-24-16/h3-10H2,1-2H3,(H,23,29)(H,24,30)/q-2/b25-11-,26-12-,27-13-,28-14?. The fourth-order valence-electron chi connectivity index (χ4n) is 2.94. The zero-order valence-electron chi connectivity index (χ0n) is 19.5. The van der Waals surface area contributed by atoms with E-state index in [1.165, 1.54) is 0 Å². The third-order valence-corrected chi connectivity index (χ3v) is 6.06. The van der Waals surface area contributed by atoms with Gasteiger partial charge in [-0.3, -0.25) is 20.9 Å². The first kappa shape index (κ1) is 28.6. The Kier molecular flexibility index (Phi) is 10.8. The molecule has 2 N–H and O–H groups in total. The van der Waals surface area contributed by atoms with Crippen LogP contribution in [0.3, 0.4) is 0 Å². The Morgan fingerprint density at radius 2 is 0.972 bits per heavy atom. The summed E-state index contributed by atoms with van der Waals surface area (Å²) in [4.78, 5) is 8.72. The maximum absolute atomic E-state index is 6.17. The Labute approximate surface area is 227 Å². The van der Waals surface area contributed by atoms with Crippen molar-refractivity contribution in [3.05, 3.63) is 0 Å². The van der Waals surface area contributed by atoms with Crippen molar-refractivity contribution in [3.8, 4) is 0 Å². The van der Waals surface area contributed by atoms with Crippen molar-refractivity contribution in [1.82, 2.24) is 11.0 Å². The van der Waals surface area contributed by atoms with Gasteiger partial charge < -0.3 is 28.5 Å². The molecule has 20 heteroatoms. The van der Waals surface area contributed by atoms with Gasteiger partial charge in [0.15, 0.2) is 11.7 Å². The van der Waals surface area contributed by atoms with Gasteiger partial charge in [0.25, 0.3) is 0 Å². The van der Waals surface area contributed by atoms with E-state index in [1.807, 2.05) is 13.8 Å². The topological polar surface area (TPSA) is 154 Å². The predicted octanol–water partition coefficient (Wildman–Crippen LogP) is 3.62. The average Bonchev–Trinajstić information content (AvgIpc) is 2.90. The van der Waals surface area contributed by atoms with Crippen molar-refractivity contribution in [1.29, 1.82) is 0 Å². The largest absolute Gasteiger partial charge is 0.552 e. The van der Waals surface area contributed by atoms with Gasteiger partial charge in [-0.2, -0.15) is 0 Å². The number of rotatable bonds is 6. The first-order chi connectivity index (χ1) is 17.3. The number of hydroxylamine groups is 2. The molecule has 0 radical (unpaired) electrons. The molecular weight excluding hydrogens is 564 g/mol. The molecule has 0 aromatic heterocycles. The van der Waals surface area contributed by atoms with E-state index in [0.29, 0.717) is 25.9 Å². The Hall–Kier alpha value is -1.97. The number of hydrogen-bond acceptors (Lipinski definition) is 14. The maximum atomic E-state index is 6.17. The second-order valence-corrected chi connectivity index (χ2v) is 9.14. The number of oxime groups is 4. The van der Waals surface area contributed by atoms with Crippen molar-refractivity contribution < 1.29 is 28.5 Å². The molecule has 4 rings (SSSR count). The zero-order valence-corrected chi connectivity index (χ0v) is 22.5. The van der Waals surface area contributed by atoms with Crippen LogP contribution in [0.4, 0.5) is 0 Å². The highest BCUT2D eigenvalue weighted by Crippen LogP contribution is 2.24. The minimum absolute atomic E-state index is 0.147. The highest BCUT2D eigenvalue weighted by atomic mass is 35.5. The Bertz CT molecular complexity index is 866. The Morgan fingerprint density at radius 3 is 1.28 bits per heavy atom. The van der Waals surface area contributed by atoms with Gasteiger partial charge in [0.1, 0.15) is 0 Å². The summed E-state index contributed by atoms with van der Waals surface area (Å²) in [5.74, 6) is 0.331. The number of unbranched alkanes of at least 4 members (excludes halogenated alkanes) is 2. The van der Waals surface area contributed by atoms with Crippen molar-refractivity contribution in [2.24, 2.45) is 30.6 Å². The van der Waals surface area contributed by atoms with E-state index in [4.69, 9.17) is 74.9 Å². The second kappa shape index (κ2) is 13.5. The summed E-state index contributed by atoms with van der Waals surface area (Å²) in [6.45, 7) is -1.06. The van der Waals surface area contributed by atoms with Crippen LogP contribution in [0.5, 0.6) is 0 Å². The van der Waals surface area contributed by atoms with E-state index in [9.17, 15) is 0 Å². The molecule has 0 aliphatic carbocycles. The van der Waals surface area contributed by atoms with Gasteiger partial charge in [-0.1, -0.05) is 98.6 Å². The summed E-state index contributed by atoms with van der Waals surface area (Å²) in [7, 11) is 0. The molecule has 0 saturated carbocycles. The number of nitrogens with zero attached hydrogens (tertiary/aromatic N) is 6. The van der Waals surface area contributed by atoms with Crippen molar-refractivity contribution in [2.75, 3.05) is 13.1 Å². The molecule has 2 atom stereocenters. The number of aliphatic imine (C=N–C) groups is 2. The predicted molar refractivity (Wildman–Crippen MR) is 141 cm³/mol. The van der Waals surface area contributed by atoms with Crippen molar-refractivity contribution >= 4 is 92.3 Å². The van der Waals surface area contributed by atoms with Gasteiger partial charge in [-0.25, -0.2) is 0 Å². The summed E-state index contributed by atoms with van der Waals surface area (Å²) in [6, 6.07) is 0. The van der Waals surface area contributed by atoms with Crippen LogP contribution in [0.1, 0.15) is 39.5 Å². The quantitative estimate of drug-likeness (QED) is 0.447. The van der Waals surface area contributed by atoms with Gasteiger partial charge in [0, 0.05) is 0 Å². The maximum Gasteiger partial charge on any atom is 0.552 e. The molecule has 2 bridgehead atoms. The summed E-state index contributed by atoms with van der Waals surface area (Å²) >= 11 is 24.7. The molecule has 0 aromatic carbocycles. The second-order valence-electron chi connectivity index (χ2n) is 7.71. The molecule has 0 spiro atoms. The fourth-order valence-corrected chi connectivity index (χ4v) is 3.24. The van der Waals surface area contributed by atoms with Gasteiger partial charge in [0.05, 0.1) is 13.1 Å². The average molecular weight is 588 g/mol. The molecule has 0 fully saturated rings. The summed E-state index contributed by atoms with van der Waals surface area (Å²) in [5, 5.41) is 13.6. The lowest BCUT2D eigenvalue weighted by Crippen LogP contribution is -2.55. The van der Waals surface area contributed by atoms with E-state index in [1.54, 1.807) is 0 Å². The molecule has 0 aromatic rings. The van der Waals surface area contributed by atoms with E-state index < -0.39 is 13.5 Å². The highest BCUT2D eigenvalue weighted by Gasteiger charge is 2.40. The van der Waals surface area contributed by atoms with Crippen molar-refractivity contribution in [3.63, 3.8) is 0 Å². The minimum atomic E-state index is -2.85. The third-order valence-electron chi connectivity index (χ3n) is 4.87. The van der Waals surface area contributed by atoms with Crippen LogP contribution >= 0.6 is 46.4 Å². The van der Waals surface area contributed by atoms with Crippen LogP contribution in [0.15, 0.2) is 30.6 Å². The summed E-state index contributed by atoms with van der Waals surface area (Å²) in [6.07, 6.45) is 2.91. The molecule has 4 aliphatic rings. The monoisotopic (exact) mass is 586 g/mol. The zero-order chi connectivity index (χ0) is 26.0. The first-order valence-electron chi connectivity index (χ1n) is 11.3. The molecule has 0 saturated heterocycles. The Morgan fingerprint density at radius 1 is 0.639 bits per heavy atom. The third kappa shape index (κ3) is 7.76. The molecule has 2 unspecified atom stereocenters. The van der Waals surface area contributed by atoms with Crippen LogP contribution in [0.2, 0.25) is 12.6 Å². The molecule has 4 heterocycles. The van der Waals surface area contributed by atoms with Crippen LogP contribution < -0.4 is 11.0 Å². The first-order valence-corrected chi connectivity index (χ1v) is 12.8. The van der Waals surface area contributed by atoms with Gasteiger partial charge in [-0.15, -0.1) is 20.6 Å². The molecule has 4 aliphatic heterocycles. The molecule has 0 amide bonds. The summed E-state index contributed by atoms with van der Waals surface area (Å²) in [5.41, 5.74) is 5.34. The van der Waals surface area contributed by atoms with E-state index >= 15 is 0 Å². The van der Waals surface area contributed by atoms with Gasteiger partial charge in [-0.05, 0) is 0 Å². The van der Waals surface area contributed by atoms with Crippen LogP contribution in [-0.4, -0.2) is 59.0 Å². The van der Waals surface area contributed by atoms with Crippen LogP contribution in [-0.2, 0) is 28.5 Å².